The zero-order valence-electron chi connectivity index (χ0n) is 13.7. The molecule has 0 radical (unpaired) electrons. The van der Waals surface area contributed by atoms with Gasteiger partial charge in [-0.1, -0.05) is 18.2 Å². The third kappa shape index (κ3) is 2.16. The van der Waals surface area contributed by atoms with Crippen LogP contribution in [0.15, 0.2) is 41.4 Å². The maximum atomic E-state index is 13.2. The predicted molar refractivity (Wildman–Crippen MR) is 93.1 cm³/mol. The third-order valence-corrected chi connectivity index (χ3v) is 4.43. The lowest BCUT2D eigenvalue weighted by molar-refractivity contribution is 0.0986. The lowest BCUT2D eigenvalue weighted by Crippen LogP contribution is -2.37. The van der Waals surface area contributed by atoms with Crippen LogP contribution >= 0.6 is 0 Å². The molecule has 0 bridgehead atoms. The number of methoxy groups -OCH3 is 1. The van der Waals surface area contributed by atoms with E-state index in [1.807, 2.05) is 36.2 Å². The maximum Gasteiger partial charge on any atom is 0.261 e. The standard InChI is InChI=1S/C19H18N2O3/c1-3-24-18-10-15-14(9-17(18)23-2)19(22)21-13(11-20-15)8-12-6-4-5-7-16(12)21/h4-7,9-11,13H,3,8H2,1-2H3. The highest BCUT2D eigenvalue weighted by atomic mass is 16.5. The highest BCUT2D eigenvalue weighted by Crippen LogP contribution is 2.40. The predicted octanol–water partition coefficient (Wildman–Crippen LogP) is 3.38. The summed E-state index contributed by atoms with van der Waals surface area (Å²) in [6.07, 6.45) is 2.64. The number of ether oxygens (including phenoxy) is 2. The van der Waals surface area contributed by atoms with Gasteiger partial charge in [-0.15, -0.1) is 0 Å². The van der Waals surface area contributed by atoms with E-state index in [2.05, 4.69) is 11.1 Å². The number of benzene rings is 2. The van der Waals surface area contributed by atoms with Crippen molar-refractivity contribution in [2.24, 2.45) is 4.99 Å². The molecule has 0 saturated carbocycles. The van der Waals surface area contributed by atoms with Gasteiger partial charge in [-0.2, -0.15) is 0 Å². The Morgan fingerprint density at radius 2 is 2.08 bits per heavy atom. The summed E-state index contributed by atoms with van der Waals surface area (Å²) in [6, 6.07) is 11.4. The summed E-state index contributed by atoms with van der Waals surface area (Å²) < 4.78 is 11.0. The molecule has 2 aliphatic heterocycles. The number of fused-ring (bicyclic) bond motifs is 4. The van der Waals surface area contributed by atoms with Crippen molar-refractivity contribution in [3.63, 3.8) is 0 Å². The molecule has 5 heteroatoms. The first kappa shape index (κ1) is 14.8. The van der Waals surface area contributed by atoms with E-state index in [1.54, 1.807) is 19.2 Å². The number of hydrogen-bond donors (Lipinski definition) is 0. The average molecular weight is 322 g/mol. The molecular weight excluding hydrogens is 304 g/mol. The molecule has 0 aliphatic carbocycles. The van der Waals surface area contributed by atoms with E-state index in [-0.39, 0.29) is 11.9 Å². The lowest BCUT2D eigenvalue weighted by Gasteiger charge is -2.22. The molecule has 0 fully saturated rings. The molecule has 2 heterocycles. The van der Waals surface area contributed by atoms with Crippen LogP contribution in [-0.4, -0.2) is 31.9 Å². The summed E-state index contributed by atoms with van der Waals surface area (Å²) in [5, 5.41) is 0. The van der Waals surface area contributed by atoms with E-state index < -0.39 is 0 Å². The van der Waals surface area contributed by atoms with Crippen molar-refractivity contribution < 1.29 is 14.3 Å². The summed E-state index contributed by atoms with van der Waals surface area (Å²) in [4.78, 5) is 19.5. The smallest absolute Gasteiger partial charge is 0.261 e. The summed E-state index contributed by atoms with van der Waals surface area (Å²) in [5.41, 5.74) is 3.28. The van der Waals surface area contributed by atoms with Gasteiger partial charge in [0.2, 0.25) is 0 Å². The van der Waals surface area contributed by atoms with Crippen LogP contribution in [0.2, 0.25) is 0 Å². The van der Waals surface area contributed by atoms with Crippen molar-refractivity contribution in [1.29, 1.82) is 0 Å². The largest absolute Gasteiger partial charge is 0.493 e. The Hall–Kier alpha value is -2.82. The summed E-state index contributed by atoms with van der Waals surface area (Å²) >= 11 is 0. The highest BCUT2D eigenvalue weighted by Gasteiger charge is 2.36. The van der Waals surface area contributed by atoms with Crippen molar-refractivity contribution >= 4 is 23.5 Å². The van der Waals surface area contributed by atoms with Crippen molar-refractivity contribution in [2.75, 3.05) is 18.6 Å². The molecule has 2 aromatic rings. The number of carbonyl (C=O) groups excluding carboxylic acids is 1. The molecule has 5 nitrogen and oxygen atoms in total. The number of hydrogen-bond acceptors (Lipinski definition) is 4. The Balaban J connectivity index is 1.84. The van der Waals surface area contributed by atoms with Gasteiger partial charge in [0, 0.05) is 24.4 Å². The van der Waals surface area contributed by atoms with Crippen LogP contribution in [0, 0.1) is 0 Å². The van der Waals surface area contributed by atoms with Crippen LogP contribution in [-0.2, 0) is 6.42 Å². The Labute approximate surface area is 140 Å². The second-order valence-corrected chi connectivity index (χ2v) is 5.81. The fourth-order valence-electron chi connectivity index (χ4n) is 3.34. The number of aliphatic imine (C=N–C) groups is 1. The van der Waals surface area contributed by atoms with Crippen LogP contribution in [0.4, 0.5) is 11.4 Å². The molecule has 0 spiro atoms. The number of anilines is 1. The molecule has 122 valence electrons. The molecule has 2 aliphatic rings. The minimum atomic E-state index is -0.0567. The van der Waals surface area contributed by atoms with E-state index >= 15 is 0 Å². The van der Waals surface area contributed by atoms with E-state index in [0.29, 0.717) is 29.4 Å². The monoisotopic (exact) mass is 322 g/mol. The molecule has 1 amide bonds. The van der Waals surface area contributed by atoms with Crippen LogP contribution in [0.1, 0.15) is 22.8 Å². The minimum Gasteiger partial charge on any atom is -0.493 e. The molecule has 1 unspecified atom stereocenters. The van der Waals surface area contributed by atoms with E-state index in [0.717, 1.165) is 12.1 Å². The number of carbonyl (C=O) groups is 1. The molecule has 24 heavy (non-hydrogen) atoms. The first-order valence-corrected chi connectivity index (χ1v) is 8.03. The van der Waals surface area contributed by atoms with E-state index in [9.17, 15) is 4.79 Å². The Bertz CT molecular complexity index is 845. The zero-order chi connectivity index (χ0) is 16.7. The Morgan fingerprint density at radius 1 is 1.25 bits per heavy atom. The van der Waals surface area contributed by atoms with Crippen molar-refractivity contribution in [3.8, 4) is 11.5 Å². The molecule has 2 aromatic carbocycles. The quantitative estimate of drug-likeness (QED) is 0.870. The van der Waals surface area contributed by atoms with Gasteiger partial charge >= 0.3 is 0 Å². The van der Waals surface area contributed by atoms with Gasteiger partial charge in [0.15, 0.2) is 11.5 Å². The average Bonchev–Trinajstić information content (AvgIpc) is 2.92. The van der Waals surface area contributed by atoms with Crippen LogP contribution < -0.4 is 14.4 Å². The lowest BCUT2D eigenvalue weighted by atomic mass is 10.1. The van der Waals surface area contributed by atoms with Gasteiger partial charge in [-0.25, -0.2) is 0 Å². The molecule has 0 N–H and O–H groups in total. The van der Waals surface area contributed by atoms with Gasteiger partial charge in [0.05, 0.1) is 31.0 Å². The number of para-hydroxylation sites is 1. The molecule has 1 atom stereocenters. The van der Waals surface area contributed by atoms with Crippen LogP contribution in [0.25, 0.3) is 0 Å². The zero-order valence-corrected chi connectivity index (χ0v) is 13.7. The Kier molecular flexibility index (Phi) is 3.49. The van der Waals surface area contributed by atoms with Crippen molar-refractivity contribution in [3.05, 3.63) is 47.5 Å². The second-order valence-electron chi connectivity index (χ2n) is 5.81. The summed E-state index contributed by atoms with van der Waals surface area (Å²) in [5.74, 6) is 1.09. The van der Waals surface area contributed by atoms with E-state index in [4.69, 9.17) is 9.47 Å². The number of amides is 1. The van der Waals surface area contributed by atoms with Gasteiger partial charge in [0.25, 0.3) is 5.91 Å². The summed E-state index contributed by atoms with van der Waals surface area (Å²) in [6.45, 7) is 2.43. The minimum absolute atomic E-state index is 0.0520. The summed E-state index contributed by atoms with van der Waals surface area (Å²) in [7, 11) is 1.57. The first-order chi connectivity index (χ1) is 11.7. The topological polar surface area (TPSA) is 51.1 Å². The van der Waals surface area contributed by atoms with Gasteiger partial charge < -0.3 is 9.47 Å². The van der Waals surface area contributed by atoms with Crippen molar-refractivity contribution in [1.82, 2.24) is 0 Å². The molecule has 4 rings (SSSR count). The molecule has 0 aromatic heterocycles. The number of rotatable bonds is 3. The SMILES string of the molecule is CCOc1cc2c(cc1OC)C(=O)N1c3ccccc3CC1C=N2. The van der Waals surface area contributed by atoms with Gasteiger partial charge in [-0.05, 0) is 24.6 Å². The highest BCUT2D eigenvalue weighted by molar-refractivity contribution is 6.14. The maximum absolute atomic E-state index is 13.2. The van der Waals surface area contributed by atoms with Crippen LogP contribution in [0.3, 0.4) is 0 Å². The first-order valence-electron chi connectivity index (χ1n) is 8.03. The molecular formula is C19H18N2O3. The van der Waals surface area contributed by atoms with Gasteiger partial charge in [-0.3, -0.25) is 14.7 Å². The number of nitrogens with zero attached hydrogens (tertiary/aromatic N) is 2. The third-order valence-electron chi connectivity index (χ3n) is 4.43. The fourth-order valence-corrected chi connectivity index (χ4v) is 3.34. The second kappa shape index (κ2) is 5.67. The normalized spacial score (nSPS) is 17.8. The van der Waals surface area contributed by atoms with Gasteiger partial charge in [0.1, 0.15) is 0 Å². The fraction of sp³-hybridized carbons (Fsp3) is 0.263. The van der Waals surface area contributed by atoms with Crippen molar-refractivity contribution in [2.45, 2.75) is 19.4 Å². The molecule has 0 saturated heterocycles. The Morgan fingerprint density at radius 3 is 2.88 bits per heavy atom. The van der Waals surface area contributed by atoms with Crippen LogP contribution in [0.5, 0.6) is 11.5 Å². The van der Waals surface area contributed by atoms with E-state index in [1.165, 1.54) is 5.56 Å².